The Balaban J connectivity index is 1.47. The summed E-state index contributed by atoms with van der Waals surface area (Å²) in [5, 5.41) is 3.51. The number of sulfonamides is 1. The Morgan fingerprint density at radius 3 is 2.18 bits per heavy atom. The molecule has 0 unspecified atom stereocenters. The van der Waals surface area contributed by atoms with Crippen LogP contribution in [0.1, 0.15) is 46.0 Å². The highest BCUT2D eigenvalue weighted by Gasteiger charge is 2.49. The van der Waals surface area contributed by atoms with E-state index in [9.17, 15) is 13.2 Å². The van der Waals surface area contributed by atoms with Crippen molar-refractivity contribution < 1.29 is 13.2 Å². The molecule has 0 saturated heterocycles. The maximum atomic E-state index is 13.0. The van der Waals surface area contributed by atoms with Gasteiger partial charge >= 0.3 is 0 Å². The molecular weight excluding hydrogens is 464 g/mol. The fraction of sp³-hybridized carbons (Fsp3) is 0.650. The zero-order valence-corrected chi connectivity index (χ0v) is 19.2. The number of carbonyl (C=O) groups excluding carboxylic acids is 1. The highest BCUT2D eigenvalue weighted by atomic mass is 79.9. The van der Waals surface area contributed by atoms with E-state index in [1.807, 2.05) is 0 Å². The van der Waals surface area contributed by atoms with Crippen LogP contribution in [-0.2, 0) is 14.8 Å². The van der Waals surface area contributed by atoms with Gasteiger partial charge in [0.25, 0.3) is 0 Å². The molecule has 154 valence electrons. The third kappa shape index (κ3) is 4.00. The second-order valence-corrected chi connectivity index (χ2v) is 12.3. The molecule has 0 heterocycles. The van der Waals surface area contributed by atoms with Crippen LogP contribution in [0.25, 0.3) is 0 Å². The molecule has 0 atom stereocenters. The summed E-state index contributed by atoms with van der Waals surface area (Å²) in [6.07, 6.45) is 6.14. The first-order chi connectivity index (χ1) is 13.0. The van der Waals surface area contributed by atoms with Gasteiger partial charge < -0.3 is 5.32 Å². The molecule has 1 aromatic rings. The van der Waals surface area contributed by atoms with Crippen LogP contribution in [0.2, 0.25) is 5.02 Å². The predicted molar refractivity (Wildman–Crippen MR) is 113 cm³/mol. The molecule has 4 aliphatic carbocycles. The van der Waals surface area contributed by atoms with Gasteiger partial charge in [0.1, 0.15) is 5.54 Å². The summed E-state index contributed by atoms with van der Waals surface area (Å²) in [6.45, 7) is 3.21. The minimum Gasteiger partial charge on any atom is -0.351 e. The number of hydrogen-bond acceptors (Lipinski definition) is 3. The summed E-state index contributed by atoms with van der Waals surface area (Å²) >= 11 is 9.25. The molecule has 8 heteroatoms. The van der Waals surface area contributed by atoms with Gasteiger partial charge in [-0.2, -0.15) is 4.72 Å². The highest BCUT2D eigenvalue weighted by Crippen LogP contribution is 2.53. The number of rotatable bonds is 5. The molecule has 0 aromatic heterocycles. The topological polar surface area (TPSA) is 75.3 Å². The average molecular weight is 490 g/mol. The van der Waals surface area contributed by atoms with E-state index in [0.29, 0.717) is 21.3 Å². The van der Waals surface area contributed by atoms with E-state index in [-0.39, 0.29) is 16.8 Å². The number of carbonyl (C=O) groups is 1. The van der Waals surface area contributed by atoms with Gasteiger partial charge in [0.2, 0.25) is 15.9 Å². The molecule has 2 N–H and O–H groups in total. The summed E-state index contributed by atoms with van der Waals surface area (Å²) < 4.78 is 28.8. The number of nitrogens with one attached hydrogen (secondary N) is 2. The molecule has 1 aromatic carbocycles. The molecule has 5 nitrogen and oxygen atoms in total. The van der Waals surface area contributed by atoms with Crippen molar-refractivity contribution in [3.63, 3.8) is 0 Å². The summed E-state index contributed by atoms with van der Waals surface area (Å²) in [4.78, 5) is 13.1. The van der Waals surface area contributed by atoms with Crippen LogP contribution in [-0.4, -0.2) is 25.9 Å². The lowest BCUT2D eigenvalue weighted by atomic mass is 9.54. The van der Waals surface area contributed by atoms with Gasteiger partial charge in [-0.25, -0.2) is 8.42 Å². The molecule has 4 fully saturated rings. The van der Waals surface area contributed by atoms with Crippen LogP contribution >= 0.6 is 27.5 Å². The van der Waals surface area contributed by atoms with Gasteiger partial charge in [-0.15, -0.1) is 0 Å². The van der Waals surface area contributed by atoms with E-state index in [1.165, 1.54) is 44.2 Å². The maximum absolute atomic E-state index is 13.0. The van der Waals surface area contributed by atoms with E-state index in [4.69, 9.17) is 11.6 Å². The Hall–Kier alpha value is -0.630. The quantitative estimate of drug-likeness (QED) is 0.654. The molecule has 5 rings (SSSR count). The van der Waals surface area contributed by atoms with Gasteiger partial charge in [0.15, 0.2) is 0 Å². The van der Waals surface area contributed by atoms with Gasteiger partial charge in [0.05, 0.1) is 4.90 Å². The molecule has 0 spiro atoms. The van der Waals surface area contributed by atoms with Crippen molar-refractivity contribution in [1.29, 1.82) is 0 Å². The van der Waals surface area contributed by atoms with E-state index < -0.39 is 15.6 Å². The molecule has 0 aliphatic heterocycles. The van der Waals surface area contributed by atoms with Gasteiger partial charge in [-0.1, -0.05) is 27.5 Å². The van der Waals surface area contributed by atoms with E-state index in [1.54, 1.807) is 19.9 Å². The van der Waals surface area contributed by atoms with Crippen molar-refractivity contribution in [2.75, 3.05) is 0 Å². The van der Waals surface area contributed by atoms with Crippen LogP contribution in [0.15, 0.2) is 27.6 Å². The van der Waals surface area contributed by atoms with Crippen LogP contribution in [0, 0.1) is 23.7 Å². The molecule has 4 saturated carbocycles. The summed E-state index contributed by atoms with van der Waals surface area (Å²) in [5.74, 6) is 2.45. The SMILES string of the molecule is CC(C)(NS(=O)(=O)c1cc(Cl)cc(Br)c1)C(=O)NC1C2CC3CC(C2)CC1C3. The first-order valence-electron chi connectivity index (χ1n) is 9.84. The van der Waals surface area contributed by atoms with Gasteiger partial charge in [0, 0.05) is 15.5 Å². The normalized spacial score (nSPS) is 31.8. The van der Waals surface area contributed by atoms with E-state index in [0.717, 1.165) is 11.8 Å². The van der Waals surface area contributed by atoms with E-state index >= 15 is 0 Å². The van der Waals surface area contributed by atoms with Crippen molar-refractivity contribution in [3.8, 4) is 0 Å². The highest BCUT2D eigenvalue weighted by molar-refractivity contribution is 9.10. The Labute approximate surface area is 180 Å². The third-order valence-corrected chi connectivity index (χ3v) is 8.94. The predicted octanol–water partition coefficient (Wildman–Crippen LogP) is 4.10. The summed E-state index contributed by atoms with van der Waals surface area (Å²) in [5.41, 5.74) is -1.26. The Bertz CT molecular complexity index is 854. The summed E-state index contributed by atoms with van der Waals surface area (Å²) in [6, 6.07) is 4.63. The van der Waals surface area contributed by atoms with Crippen molar-refractivity contribution >= 4 is 43.5 Å². The monoisotopic (exact) mass is 488 g/mol. The first kappa shape index (κ1) is 20.6. The Kier molecular flexibility index (Phi) is 5.35. The summed E-state index contributed by atoms with van der Waals surface area (Å²) in [7, 11) is -3.89. The zero-order valence-electron chi connectivity index (χ0n) is 16.0. The molecule has 4 bridgehead atoms. The smallest absolute Gasteiger partial charge is 0.241 e. The van der Waals surface area contributed by atoms with Crippen molar-refractivity contribution in [3.05, 3.63) is 27.7 Å². The number of halogens is 2. The zero-order chi connectivity index (χ0) is 20.3. The lowest BCUT2D eigenvalue weighted by Gasteiger charge is -2.54. The standard InChI is InChI=1S/C20H26BrClN2O3S/c1-20(2,24-28(26,27)17-9-15(21)8-16(22)10-17)19(25)23-18-13-4-11-3-12(6-13)7-14(18)5-11/h8-14,18,24H,3-7H2,1-2H3,(H,23,25). The molecule has 1 amide bonds. The fourth-order valence-corrected chi connectivity index (χ4v) is 8.14. The second kappa shape index (κ2) is 7.25. The Morgan fingerprint density at radius 1 is 1.07 bits per heavy atom. The number of hydrogen-bond donors (Lipinski definition) is 2. The average Bonchev–Trinajstić information content (AvgIpc) is 2.55. The van der Waals surface area contributed by atoms with Crippen LogP contribution in [0.3, 0.4) is 0 Å². The van der Waals surface area contributed by atoms with Crippen LogP contribution in [0.4, 0.5) is 0 Å². The van der Waals surface area contributed by atoms with Crippen LogP contribution in [0.5, 0.6) is 0 Å². The molecule has 0 radical (unpaired) electrons. The molecule has 28 heavy (non-hydrogen) atoms. The lowest BCUT2D eigenvalue weighted by molar-refractivity contribution is -0.129. The minimum absolute atomic E-state index is 0.0300. The third-order valence-electron chi connectivity index (χ3n) is 6.63. The number of amides is 1. The van der Waals surface area contributed by atoms with Crippen molar-refractivity contribution in [1.82, 2.24) is 10.0 Å². The largest absolute Gasteiger partial charge is 0.351 e. The van der Waals surface area contributed by atoms with Gasteiger partial charge in [-0.05, 0) is 87.8 Å². The molecule has 4 aliphatic rings. The van der Waals surface area contributed by atoms with Crippen molar-refractivity contribution in [2.45, 2.75) is 62.4 Å². The number of benzene rings is 1. The van der Waals surface area contributed by atoms with E-state index in [2.05, 4.69) is 26.0 Å². The molecular formula is C20H26BrClN2O3S. The Morgan fingerprint density at radius 2 is 1.64 bits per heavy atom. The fourth-order valence-electron chi connectivity index (χ4n) is 5.62. The van der Waals surface area contributed by atoms with Crippen molar-refractivity contribution in [2.24, 2.45) is 23.7 Å². The minimum atomic E-state index is -3.89. The maximum Gasteiger partial charge on any atom is 0.241 e. The lowest BCUT2D eigenvalue weighted by Crippen LogP contribution is -2.62. The van der Waals surface area contributed by atoms with Gasteiger partial charge in [-0.3, -0.25) is 4.79 Å². The first-order valence-corrected chi connectivity index (χ1v) is 12.5. The van der Waals surface area contributed by atoms with Crippen LogP contribution < -0.4 is 10.0 Å². The second-order valence-electron chi connectivity index (χ2n) is 9.27.